The van der Waals surface area contributed by atoms with Crippen molar-refractivity contribution in [2.75, 3.05) is 18.1 Å². The molecule has 1 aliphatic heterocycles. The van der Waals surface area contributed by atoms with E-state index in [4.69, 9.17) is 9.47 Å². The van der Waals surface area contributed by atoms with Crippen LogP contribution >= 0.6 is 0 Å². The van der Waals surface area contributed by atoms with Gasteiger partial charge in [-0.3, -0.25) is 14.5 Å². The molecule has 1 saturated heterocycles. The predicted octanol–water partition coefficient (Wildman–Crippen LogP) is 5.73. The average molecular weight is 472 g/mol. The van der Waals surface area contributed by atoms with Crippen LogP contribution in [0.4, 0.5) is 5.69 Å². The van der Waals surface area contributed by atoms with E-state index in [0.29, 0.717) is 41.5 Å². The van der Waals surface area contributed by atoms with E-state index in [1.807, 2.05) is 58.0 Å². The Labute approximate surface area is 205 Å². The number of benzene rings is 3. The van der Waals surface area contributed by atoms with E-state index in [2.05, 4.69) is 0 Å². The third-order valence-electron chi connectivity index (χ3n) is 6.01. The van der Waals surface area contributed by atoms with Crippen LogP contribution < -0.4 is 14.4 Å². The Bertz CT molecular complexity index is 1290. The third-order valence-corrected chi connectivity index (χ3v) is 6.01. The summed E-state index contributed by atoms with van der Waals surface area (Å²) in [4.78, 5) is 28.2. The number of carbonyl (C=O) groups is 2. The van der Waals surface area contributed by atoms with E-state index >= 15 is 0 Å². The minimum Gasteiger partial charge on any atom is -0.507 e. The lowest BCUT2D eigenvalue weighted by Gasteiger charge is -2.26. The highest BCUT2D eigenvalue weighted by molar-refractivity contribution is 6.51. The summed E-state index contributed by atoms with van der Waals surface area (Å²) in [6.45, 7) is 8.55. The molecule has 1 heterocycles. The van der Waals surface area contributed by atoms with E-state index in [9.17, 15) is 14.7 Å². The Kier molecular flexibility index (Phi) is 6.92. The number of hydrogen-bond donors (Lipinski definition) is 1. The van der Waals surface area contributed by atoms with Gasteiger partial charge in [-0.15, -0.1) is 0 Å². The number of aryl methyl sites for hydroxylation is 2. The van der Waals surface area contributed by atoms with Gasteiger partial charge in [-0.1, -0.05) is 35.9 Å². The number of amides is 1. The number of ketones is 1. The molecule has 1 fully saturated rings. The molecule has 3 aromatic carbocycles. The topological polar surface area (TPSA) is 76.1 Å². The minimum atomic E-state index is -0.817. The SMILES string of the molecule is CCOc1ccc(C2/C(=C(\O)c3cc(C)ccc3C)C(=O)C(=O)N2c2cccc(OCC)c2)cc1. The standard InChI is InChI=1S/C29H29NO5/c1-5-34-22-14-12-20(13-15-22)26-25(27(31)24-16-18(3)10-11-19(24)4)28(32)29(33)30(26)21-8-7-9-23(17-21)35-6-2/h7-17,26,31H,5-6H2,1-4H3/b27-25+. The van der Waals surface area contributed by atoms with Gasteiger partial charge in [-0.2, -0.15) is 0 Å². The van der Waals surface area contributed by atoms with Crippen LogP contribution in [-0.2, 0) is 9.59 Å². The Balaban J connectivity index is 1.93. The Morgan fingerprint density at radius 2 is 1.57 bits per heavy atom. The van der Waals surface area contributed by atoms with Crippen LogP contribution in [0, 0.1) is 13.8 Å². The van der Waals surface area contributed by atoms with Gasteiger partial charge < -0.3 is 14.6 Å². The highest BCUT2D eigenvalue weighted by Crippen LogP contribution is 2.43. The Morgan fingerprint density at radius 1 is 0.886 bits per heavy atom. The van der Waals surface area contributed by atoms with Gasteiger partial charge in [-0.25, -0.2) is 0 Å². The summed E-state index contributed by atoms with van der Waals surface area (Å²) >= 11 is 0. The highest BCUT2D eigenvalue weighted by atomic mass is 16.5. The first kappa shape index (κ1) is 24.1. The molecule has 1 unspecified atom stereocenters. The predicted molar refractivity (Wildman–Crippen MR) is 136 cm³/mol. The smallest absolute Gasteiger partial charge is 0.300 e. The number of rotatable bonds is 7. The van der Waals surface area contributed by atoms with Crippen LogP contribution in [-0.4, -0.2) is 30.0 Å². The first-order valence-corrected chi connectivity index (χ1v) is 11.7. The van der Waals surface area contributed by atoms with Crippen molar-refractivity contribution in [3.63, 3.8) is 0 Å². The van der Waals surface area contributed by atoms with Gasteiger partial charge in [0.05, 0.1) is 24.8 Å². The summed E-state index contributed by atoms with van der Waals surface area (Å²) in [5.74, 6) is -0.353. The normalized spacial score (nSPS) is 17.0. The monoisotopic (exact) mass is 471 g/mol. The zero-order chi connectivity index (χ0) is 25.1. The van der Waals surface area contributed by atoms with Gasteiger partial charge in [-0.05, 0) is 69.2 Å². The van der Waals surface area contributed by atoms with Crippen molar-refractivity contribution in [3.8, 4) is 11.5 Å². The zero-order valence-corrected chi connectivity index (χ0v) is 20.4. The number of carbonyl (C=O) groups excluding carboxylic acids is 2. The number of anilines is 1. The van der Waals surface area contributed by atoms with Gasteiger partial charge in [0.25, 0.3) is 11.7 Å². The van der Waals surface area contributed by atoms with Crippen LogP contribution in [0.5, 0.6) is 11.5 Å². The summed E-state index contributed by atoms with van der Waals surface area (Å²) in [5.41, 5.74) is 3.52. The van der Waals surface area contributed by atoms with Crippen molar-refractivity contribution in [2.45, 2.75) is 33.7 Å². The molecular formula is C29H29NO5. The first-order valence-electron chi connectivity index (χ1n) is 11.7. The van der Waals surface area contributed by atoms with Crippen molar-refractivity contribution in [3.05, 3.63) is 94.6 Å². The fourth-order valence-electron chi connectivity index (χ4n) is 4.35. The lowest BCUT2D eigenvalue weighted by Crippen LogP contribution is -2.29. The maximum absolute atomic E-state index is 13.4. The van der Waals surface area contributed by atoms with Crippen LogP contribution in [0.1, 0.15) is 42.1 Å². The molecule has 3 aromatic rings. The van der Waals surface area contributed by atoms with Crippen molar-refractivity contribution in [2.24, 2.45) is 0 Å². The van der Waals surface area contributed by atoms with E-state index in [1.54, 1.807) is 36.4 Å². The molecule has 6 nitrogen and oxygen atoms in total. The van der Waals surface area contributed by atoms with Crippen LogP contribution in [0.3, 0.4) is 0 Å². The molecule has 1 N–H and O–H groups in total. The number of aliphatic hydroxyl groups excluding tert-OH is 1. The number of nitrogens with zero attached hydrogens (tertiary/aromatic N) is 1. The molecule has 1 amide bonds. The molecule has 0 saturated carbocycles. The first-order chi connectivity index (χ1) is 16.8. The number of ether oxygens (including phenoxy) is 2. The van der Waals surface area contributed by atoms with Crippen molar-refractivity contribution in [1.82, 2.24) is 0 Å². The van der Waals surface area contributed by atoms with Gasteiger partial charge in [0.1, 0.15) is 17.3 Å². The molecule has 0 bridgehead atoms. The average Bonchev–Trinajstić information content (AvgIpc) is 3.11. The highest BCUT2D eigenvalue weighted by Gasteiger charge is 2.47. The summed E-state index contributed by atoms with van der Waals surface area (Å²) < 4.78 is 11.2. The largest absolute Gasteiger partial charge is 0.507 e. The molecule has 0 radical (unpaired) electrons. The lowest BCUT2D eigenvalue weighted by atomic mass is 9.93. The van der Waals surface area contributed by atoms with E-state index in [1.165, 1.54) is 4.90 Å². The molecule has 35 heavy (non-hydrogen) atoms. The molecule has 0 aromatic heterocycles. The van der Waals surface area contributed by atoms with Crippen molar-refractivity contribution >= 4 is 23.1 Å². The van der Waals surface area contributed by atoms with E-state index in [-0.39, 0.29) is 11.3 Å². The quantitative estimate of drug-likeness (QED) is 0.271. The minimum absolute atomic E-state index is 0.0506. The van der Waals surface area contributed by atoms with Crippen LogP contribution in [0.2, 0.25) is 0 Å². The lowest BCUT2D eigenvalue weighted by molar-refractivity contribution is -0.132. The van der Waals surface area contributed by atoms with Gasteiger partial charge in [0.2, 0.25) is 0 Å². The van der Waals surface area contributed by atoms with Gasteiger partial charge in [0, 0.05) is 17.3 Å². The number of hydrogen-bond acceptors (Lipinski definition) is 5. The summed E-state index contributed by atoms with van der Waals surface area (Å²) in [6, 6.07) is 19.1. The molecule has 1 aliphatic rings. The Hall–Kier alpha value is -4.06. The molecule has 1 atom stereocenters. The summed E-state index contributed by atoms with van der Waals surface area (Å²) in [7, 11) is 0. The maximum atomic E-state index is 13.4. The van der Waals surface area contributed by atoms with E-state index < -0.39 is 17.7 Å². The molecule has 4 rings (SSSR count). The summed E-state index contributed by atoms with van der Waals surface area (Å²) in [5, 5.41) is 11.4. The van der Waals surface area contributed by atoms with Gasteiger partial charge >= 0.3 is 0 Å². The molecule has 180 valence electrons. The number of aliphatic hydroxyl groups is 1. The van der Waals surface area contributed by atoms with Crippen LogP contribution in [0.25, 0.3) is 5.76 Å². The maximum Gasteiger partial charge on any atom is 0.300 e. The van der Waals surface area contributed by atoms with Crippen molar-refractivity contribution in [1.29, 1.82) is 0 Å². The fraction of sp³-hybridized carbons (Fsp3) is 0.241. The molecule has 6 heteroatoms. The number of Topliss-reactive ketones (excluding diaryl/α,β-unsaturated/α-hetero) is 1. The van der Waals surface area contributed by atoms with Gasteiger partial charge in [0.15, 0.2) is 0 Å². The second-order valence-corrected chi connectivity index (χ2v) is 8.42. The zero-order valence-electron chi connectivity index (χ0n) is 20.4. The second kappa shape index (κ2) is 10.1. The van der Waals surface area contributed by atoms with Crippen LogP contribution in [0.15, 0.2) is 72.3 Å². The summed E-state index contributed by atoms with van der Waals surface area (Å²) in [6.07, 6.45) is 0. The molecular weight excluding hydrogens is 442 g/mol. The fourth-order valence-corrected chi connectivity index (χ4v) is 4.35. The van der Waals surface area contributed by atoms with E-state index in [0.717, 1.165) is 11.1 Å². The molecule has 0 spiro atoms. The van der Waals surface area contributed by atoms with Crippen molar-refractivity contribution < 1.29 is 24.2 Å². The molecule has 0 aliphatic carbocycles. The third kappa shape index (κ3) is 4.64. The second-order valence-electron chi connectivity index (χ2n) is 8.42. The Morgan fingerprint density at radius 3 is 2.26 bits per heavy atom.